The van der Waals surface area contributed by atoms with Gasteiger partial charge in [0.1, 0.15) is 6.54 Å². The molecule has 0 saturated carbocycles. The molecule has 0 atom stereocenters. The Hall–Kier alpha value is -0.910. The monoisotopic (exact) mass is 945 g/mol. The number of hydrogen-bond acceptors (Lipinski definition) is 2. The molecule has 0 aromatic heterocycles. The molecule has 0 unspecified atom stereocenters. The van der Waals surface area contributed by atoms with Gasteiger partial charge in [0, 0.05) is 5.56 Å². The van der Waals surface area contributed by atoms with Gasteiger partial charge in [-0.15, -0.1) is 0 Å². The number of hydrogen-bond donors (Lipinski definition) is 1. The van der Waals surface area contributed by atoms with Gasteiger partial charge in [-0.2, -0.15) is 8.42 Å². The van der Waals surface area contributed by atoms with E-state index in [0.717, 1.165) is 16.6 Å². The first kappa shape index (κ1) is 63.1. The molecular formula is C61H118NO3S+. The van der Waals surface area contributed by atoms with Crippen molar-refractivity contribution in [3.8, 4) is 0 Å². The van der Waals surface area contributed by atoms with E-state index in [2.05, 4.69) is 26.8 Å². The van der Waals surface area contributed by atoms with E-state index in [0.29, 0.717) is 0 Å². The normalized spacial score (nSPS) is 12.2. The predicted molar refractivity (Wildman–Crippen MR) is 293 cm³/mol. The Balaban J connectivity index is 2.65. The van der Waals surface area contributed by atoms with Crippen molar-refractivity contribution in [1.82, 2.24) is 0 Å². The molecule has 0 amide bonds. The van der Waals surface area contributed by atoms with Crippen molar-refractivity contribution in [2.45, 2.75) is 340 Å². The molecule has 66 heavy (non-hydrogen) atoms. The summed E-state index contributed by atoms with van der Waals surface area (Å²) in [6.45, 7) is 11.3. The minimum atomic E-state index is -4.22. The fraction of sp³-hybridized carbons (Fsp3) is 0.902. The molecule has 0 radical (unpaired) electrons. The molecule has 1 rings (SSSR count). The lowest BCUT2D eigenvalue weighted by Crippen LogP contribution is -2.49. The summed E-state index contributed by atoms with van der Waals surface area (Å²) in [5, 5.41) is 0. The van der Waals surface area contributed by atoms with E-state index in [1.807, 2.05) is 6.07 Å². The van der Waals surface area contributed by atoms with Crippen LogP contribution in [0.3, 0.4) is 0 Å². The summed E-state index contributed by atoms with van der Waals surface area (Å²) in [6.07, 6.45) is 66.8. The lowest BCUT2D eigenvalue weighted by molar-refractivity contribution is -0.941. The molecule has 0 bridgehead atoms. The van der Waals surface area contributed by atoms with E-state index in [9.17, 15) is 13.0 Å². The molecule has 0 heterocycles. The maximum Gasteiger partial charge on any atom is 0.294 e. The van der Waals surface area contributed by atoms with Gasteiger partial charge in [-0.25, -0.2) is 0 Å². The van der Waals surface area contributed by atoms with Gasteiger partial charge in [0.05, 0.1) is 24.5 Å². The molecule has 5 heteroatoms. The van der Waals surface area contributed by atoms with E-state index in [4.69, 9.17) is 0 Å². The average molecular weight is 946 g/mol. The Morgan fingerprint density at radius 2 is 0.545 bits per heavy atom. The second-order valence-electron chi connectivity index (χ2n) is 21.7. The van der Waals surface area contributed by atoms with Gasteiger partial charge in [-0.05, 0) is 50.7 Å². The first-order valence-corrected chi connectivity index (χ1v) is 31.7. The predicted octanol–water partition coefficient (Wildman–Crippen LogP) is 21.0. The highest BCUT2D eigenvalue weighted by molar-refractivity contribution is 7.85. The Morgan fingerprint density at radius 3 is 0.758 bits per heavy atom. The Labute approximate surface area is 415 Å². The smallest absolute Gasteiger partial charge is 0.294 e. The van der Waals surface area contributed by atoms with E-state index in [1.54, 1.807) is 12.1 Å². The van der Waals surface area contributed by atoms with Gasteiger partial charge in [-0.1, -0.05) is 303 Å². The van der Waals surface area contributed by atoms with Crippen LogP contribution in [0.15, 0.2) is 29.2 Å². The van der Waals surface area contributed by atoms with Crippen LogP contribution in [-0.2, 0) is 16.7 Å². The average Bonchev–Trinajstić information content (AvgIpc) is 3.31. The second kappa shape index (κ2) is 47.8. The molecule has 0 aliphatic carbocycles. The highest BCUT2D eigenvalue weighted by atomic mass is 32.2. The standard InChI is InChI=1S/C61H117NO3S/c1-4-7-10-13-16-19-22-25-28-31-34-37-40-43-46-49-55-62(59-60-53-52-54-61(58-60)66(63,64)65,56-50-47-44-41-38-35-32-29-26-23-20-17-14-11-8-5-2)57-51-48-45-42-39-36-33-30-27-24-21-18-15-12-9-6-3/h52-54,58H,4-51,55-57,59H2,1-3H3/p+1. The molecule has 0 aliphatic heterocycles. The molecule has 1 aromatic rings. The summed E-state index contributed by atoms with van der Waals surface area (Å²) >= 11 is 0. The maximum absolute atomic E-state index is 12.2. The largest absolute Gasteiger partial charge is 0.320 e. The van der Waals surface area contributed by atoms with Crippen LogP contribution >= 0.6 is 0 Å². The third kappa shape index (κ3) is 40.9. The molecule has 0 spiro atoms. The topological polar surface area (TPSA) is 54.4 Å². The molecule has 0 fully saturated rings. The van der Waals surface area contributed by atoms with Gasteiger partial charge >= 0.3 is 0 Å². The molecule has 390 valence electrons. The van der Waals surface area contributed by atoms with Gasteiger partial charge < -0.3 is 4.48 Å². The fourth-order valence-electron chi connectivity index (χ4n) is 10.8. The van der Waals surface area contributed by atoms with Gasteiger partial charge in [0.2, 0.25) is 0 Å². The van der Waals surface area contributed by atoms with Crippen molar-refractivity contribution in [2.75, 3.05) is 19.6 Å². The second-order valence-corrected chi connectivity index (χ2v) is 23.1. The summed E-state index contributed by atoms with van der Waals surface area (Å²) in [6, 6.07) is 7.26. The number of unbranched alkanes of at least 4 members (excludes halogenated alkanes) is 45. The SMILES string of the molecule is CCCCCCCCCCCCCCCCCC[N+](CCCCCCCCCCCCCCCCCC)(CCCCCCCCCCCCCCCCCC)Cc1cccc(S(=O)(=O)O)c1. The third-order valence-electron chi connectivity index (χ3n) is 15.2. The molecular weight excluding hydrogens is 827 g/mol. The van der Waals surface area contributed by atoms with Crippen LogP contribution in [0.25, 0.3) is 0 Å². The van der Waals surface area contributed by atoms with E-state index in [1.165, 1.54) is 328 Å². The summed E-state index contributed by atoms with van der Waals surface area (Å²) in [7, 11) is -4.22. The zero-order valence-electron chi connectivity index (χ0n) is 45.2. The van der Waals surface area contributed by atoms with Crippen LogP contribution in [-0.4, -0.2) is 37.1 Å². The minimum Gasteiger partial charge on any atom is -0.320 e. The summed E-state index contributed by atoms with van der Waals surface area (Å²) in [5.74, 6) is 0. The Morgan fingerprint density at radius 1 is 0.333 bits per heavy atom. The van der Waals surface area contributed by atoms with Crippen molar-refractivity contribution in [1.29, 1.82) is 0 Å². The molecule has 4 nitrogen and oxygen atoms in total. The molecule has 0 saturated heterocycles. The first-order chi connectivity index (χ1) is 32.4. The number of nitrogens with zero attached hydrogens (tertiary/aromatic N) is 1. The first-order valence-electron chi connectivity index (χ1n) is 30.3. The van der Waals surface area contributed by atoms with E-state index in [-0.39, 0.29) is 4.90 Å². The third-order valence-corrected chi connectivity index (χ3v) is 16.0. The van der Waals surface area contributed by atoms with Gasteiger partial charge in [0.25, 0.3) is 10.1 Å². The van der Waals surface area contributed by atoms with Crippen molar-refractivity contribution in [2.24, 2.45) is 0 Å². The van der Waals surface area contributed by atoms with E-state index < -0.39 is 10.1 Å². The van der Waals surface area contributed by atoms with Crippen LogP contribution in [0, 0.1) is 0 Å². The van der Waals surface area contributed by atoms with Crippen LogP contribution in [0.4, 0.5) is 0 Å². The Bertz CT molecular complexity index is 1140. The minimum absolute atomic E-state index is 0.0466. The van der Waals surface area contributed by atoms with Gasteiger partial charge in [0.15, 0.2) is 0 Å². The van der Waals surface area contributed by atoms with Crippen LogP contribution in [0.1, 0.15) is 335 Å². The summed E-state index contributed by atoms with van der Waals surface area (Å²) in [5.41, 5.74) is 1.06. The zero-order valence-corrected chi connectivity index (χ0v) is 46.0. The lowest BCUT2D eigenvalue weighted by atomic mass is 10.0. The van der Waals surface area contributed by atoms with Crippen molar-refractivity contribution in [3.63, 3.8) is 0 Å². The van der Waals surface area contributed by atoms with Crippen molar-refractivity contribution in [3.05, 3.63) is 29.8 Å². The molecule has 1 aromatic carbocycles. The van der Waals surface area contributed by atoms with Crippen molar-refractivity contribution >= 4 is 10.1 Å². The quantitative estimate of drug-likeness (QED) is 0.0402. The number of rotatable bonds is 54. The number of benzene rings is 1. The van der Waals surface area contributed by atoms with Crippen molar-refractivity contribution < 1.29 is 17.5 Å². The summed E-state index contributed by atoms with van der Waals surface area (Å²) in [4.78, 5) is 0.0466. The van der Waals surface area contributed by atoms with E-state index >= 15 is 0 Å². The number of quaternary nitrogens is 1. The molecule has 1 N–H and O–H groups in total. The summed E-state index contributed by atoms with van der Waals surface area (Å²) < 4.78 is 35.5. The maximum atomic E-state index is 12.2. The van der Waals surface area contributed by atoms with Crippen LogP contribution in [0.2, 0.25) is 0 Å². The fourth-order valence-corrected chi connectivity index (χ4v) is 11.3. The zero-order chi connectivity index (χ0) is 47.8. The van der Waals surface area contributed by atoms with Crippen LogP contribution < -0.4 is 0 Å². The Kier molecular flexibility index (Phi) is 45.7. The highest BCUT2D eigenvalue weighted by Crippen LogP contribution is 2.25. The molecule has 0 aliphatic rings. The van der Waals surface area contributed by atoms with Crippen LogP contribution in [0.5, 0.6) is 0 Å². The van der Waals surface area contributed by atoms with Gasteiger partial charge in [-0.3, -0.25) is 4.55 Å². The highest BCUT2D eigenvalue weighted by Gasteiger charge is 2.27. The lowest BCUT2D eigenvalue weighted by Gasteiger charge is -2.39.